The number of halogens is 1. The Labute approximate surface area is 198 Å². The van der Waals surface area contributed by atoms with Crippen LogP contribution in [0.15, 0.2) is 28.1 Å². The fourth-order valence-corrected chi connectivity index (χ4v) is 4.60. The Hall–Kier alpha value is -3.96. The van der Waals surface area contributed by atoms with Crippen LogP contribution in [0.1, 0.15) is 41.2 Å². The molecule has 3 aromatic rings. The largest absolute Gasteiger partial charge is 0.458 e. The van der Waals surface area contributed by atoms with Crippen LogP contribution in [0, 0.1) is 12.7 Å². The molecule has 0 fully saturated rings. The molecule has 1 atom stereocenters. The van der Waals surface area contributed by atoms with Crippen molar-refractivity contribution in [2.45, 2.75) is 39.0 Å². The van der Waals surface area contributed by atoms with Gasteiger partial charge in [-0.3, -0.25) is 9.59 Å². The molecule has 180 valence electrons. The van der Waals surface area contributed by atoms with E-state index in [-0.39, 0.29) is 37.2 Å². The first-order valence-electron chi connectivity index (χ1n) is 11.0. The Bertz CT molecular complexity index is 1530. The Morgan fingerprint density at radius 1 is 1.37 bits per heavy atom. The summed E-state index contributed by atoms with van der Waals surface area (Å²) in [5.41, 5.74) is 8.31. The van der Waals surface area contributed by atoms with Crippen molar-refractivity contribution in [3.05, 3.63) is 62.2 Å². The molecular formula is C24H22FN5O5. The molecule has 4 N–H and O–H groups in total. The molecule has 0 unspecified atom stereocenters. The molecule has 0 radical (unpaired) electrons. The number of benzene rings is 1. The number of aryl methyl sites for hydroxylation is 1. The van der Waals surface area contributed by atoms with Crippen molar-refractivity contribution in [1.82, 2.24) is 15.0 Å². The lowest BCUT2D eigenvalue weighted by molar-refractivity contribution is -0.172. The summed E-state index contributed by atoms with van der Waals surface area (Å²) in [4.78, 5) is 42.0. The van der Waals surface area contributed by atoms with Crippen molar-refractivity contribution in [3.63, 3.8) is 0 Å². The van der Waals surface area contributed by atoms with Crippen molar-refractivity contribution in [1.29, 1.82) is 0 Å². The molecule has 2 aliphatic heterocycles. The zero-order valence-electron chi connectivity index (χ0n) is 19.0. The van der Waals surface area contributed by atoms with E-state index in [2.05, 4.69) is 15.5 Å². The van der Waals surface area contributed by atoms with Crippen LogP contribution < -0.4 is 16.7 Å². The molecule has 1 aromatic carbocycles. The average Bonchev–Trinajstić information content (AvgIpc) is 3.21. The first kappa shape index (κ1) is 22.8. The van der Waals surface area contributed by atoms with E-state index in [9.17, 15) is 23.9 Å². The van der Waals surface area contributed by atoms with E-state index in [0.717, 1.165) is 0 Å². The van der Waals surface area contributed by atoms with Crippen LogP contribution in [0.2, 0.25) is 0 Å². The van der Waals surface area contributed by atoms with Gasteiger partial charge < -0.3 is 20.1 Å². The van der Waals surface area contributed by atoms with Gasteiger partial charge in [0.25, 0.3) is 11.5 Å². The first-order valence-corrected chi connectivity index (χ1v) is 11.0. The van der Waals surface area contributed by atoms with Crippen molar-refractivity contribution in [2.75, 3.05) is 6.54 Å². The van der Waals surface area contributed by atoms with E-state index >= 15 is 0 Å². The van der Waals surface area contributed by atoms with Gasteiger partial charge >= 0.3 is 5.97 Å². The topological polar surface area (TPSA) is 149 Å². The lowest BCUT2D eigenvalue weighted by atomic mass is 9.86. The highest BCUT2D eigenvalue weighted by atomic mass is 19.1. The third kappa shape index (κ3) is 3.34. The molecule has 35 heavy (non-hydrogen) atoms. The monoisotopic (exact) mass is 479 g/mol. The molecule has 0 bridgehead atoms. The number of cyclic esters (lactones) is 1. The van der Waals surface area contributed by atoms with Gasteiger partial charge in [0.05, 0.1) is 41.8 Å². The number of hydrogen-bond acceptors (Lipinski definition) is 8. The molecule has 0 saturated carbocycles. The van der Waals surface area contributed by atoms with E-state index in [1.165, 1.54) is 16.8 Å². The van der Waals surface area contributed by atoms with E-state index in [1.807, 2.05) is 0 Å². The van der Waals surface area contributed by atoms with Gasteiger partial charge in [0.1, 0.15) is 12.4 Å². The summed E-state index contributed by atoms with van der Waals surface area (Å²) in [5.74, 6) is -1.76. The quantitative estimate of drug-likeness (QED) is 0.224. The molecule has 10 nitrogen and oxygen atoms in total. The number of amides is 1. The number of ether oxygens (including phenoxy) is 1. The molecule has 4 heterocycles. The number of fused-ring (bicyclic) bond motifs is 5. The van der Waals surface area contributed by atoms with Crippen LogP contribution in [0.5, 0.6) is 0 Å². The first-order chi connectivity index (χ1) is 16.7. The summed E-state index contributed by atoms with van der Waals surface area (Å²) in [6.07, 6.45) is 1.43. The Kier molecular flexibility index (Phi) is 5.26. The van der Waals surface area contributed by atoms with Crippen LogP contribution in [0.25, 0.3) is 22.3 Å². The number of hydrogen-bond donors (Lipinski definition) is 3. The van der Waals surface area contributed by atoms with E-state index in [0.29, 0.717) is 39.0 Å². The van der Waals surface area contributed by atoms with E-state index < -0.39 is 28.9 Å². The Morgan fingerprint density at radius 2 is 2.14 bits per heavy atom. The standard InChI is InChI=1S/C24H22FN5O5/c1-3-24(34)16-5-19-21-14(9-30(19)22(32)15(16)10-35-23(24)33)13(8-27-29-20(31)7-26)12-4-11(2)17(25)6-18(12)28-21/h4-6,8,34H,3,7,9-10,26H2,1-2H3,(H,29,31)/b27-8+/t24-/m0/s1. The zero-order valence-corrected chi connectivity index (χ0v) is 19.0. The number of aromatic nitrogens is 2. The highest BCUT2D eigenvalue weighted by Crippen LogP contribution is 2.40. The second kappa shape index (κ2) is 8.07. The van der Waals surface area contributed by atoms with Crippen LogP contribution in [-0.2, 0) is 33.1 Å². The highest BCUT2D eigenvalue weighted by molar-refractivity contribution is 6.03. The third-order valence-corrected chi connectivity index (χ3v) is 6.58. The molecule has 1 amide bonds. The van der Waals surface area contributed by atoms with Crippen molar-refractivity contribution < 1.29 is 23.8 Å². The van der Waals surface area contributed by atoms with Crippen LogP contribution in [0.3, 0.4) is 0 Å². The smallest absolute Gasteiger partial charge is 0.343 e. The number of aliphatic hydroxyl groups is 1. The molecule has 0 aliphatic carbocycles. The fraction of sp³-hybridized carbons (Fsp3) is 0.292. The van der Waals surface area contributed by atoms with E-state index in [4.69, 9.17) is 10.5 Å². The van der Waals surface area contributed by atoms with Gasteiger partial charge in [0.15, 0.2) is 5.60 Å². The van der Waals surface area contributed by atoms with Gasteiger partial charge in [0, 0.05) is 28.1 Å². The maximum atomic E-state index is 14.4. The zero-order chi connectivity index (χ0) is 25.1. The molecule has 2 aliphatic rings. The molecule has 0 saturated heterocycles. The minimum Gasteiger partial charge on any atom is -0.458 e. The van der Waals surface area contributed by atoms with Gasteiger partial charge in [-0.05, 0) is 31.0 Å². The number of rotatable bonds is 4. The number of esters is 1. The third-order valence-electron chi connectivity index (χ3n) is 6.58. The normalized spacial score (nSPS) is 18.4. The predicted molar refractivity (Wildman–Crippen MR) is 124 cm³/mol. The SMILES string of the molecule is CC[C@@]1(O)C(=O)OCc2c1cc1n(c2=O)Cc2c-1nc1cc(F)c(C)cc1c2/C=N/NC(=O)CN. The van der Waals surface area contributed by atoms with Crippen molar-refractivity contribution in [2.24, 2.45) is 10.8 Å². The van der Waals surface area contributed by atoms with Crippen LogP contribution >= 0.6 is 0 Å². The van der Waals surface area contributed by atoms with Gasteiger partial charge in [-0.1, -0.05) is 6.92 Å². The molecule has 11 heteroatoms. The fourth-order valence-electron chi connectivity index (χ4n) is 4.60. The summed E-state index contributed by atoms with van der Waals surface area (Å²) in [7, 11) is 0. The van der Waals surface area contributed by atoms with Crippen molar-refractivity contribution >= 4 is 29.0 Å². The summed E-state index contributed by atoms with van der Waals surface area (Å²) in [6.45, 7) is 2.88. The van der Waals surface area contributed by atoms with Gasteiger partial charge in [-0.2, -0.15) is 5.10 Å². The Morgan fingerprint density at radius 3 is 2.86 bits per heavy atom. The summed E-state index contributed by atoms with van der Waals surface area (Å²) in [5, 5.41) is 15.6. The minimum absolute atomic E-state index is 0.0168. The molecule has 0 spiro atoms. The number of hydrazone groups is 1. The summed E-state index contributed by atoms with van der Waals surface area (Å²) in [6, 6.07) is 4.50. The molecule has 2 aromatic heterocycles. The van der Waals surface area contributed by atoms with E-state index in [1.54, 1.807) is 26.0 Å². The second-order valence-electron chi connectivity index (χ2n) is 8.57. The van der Waals surface area contributed by atoms with Gasteiger partial charge in [-0.25, -0.2) is 19.6 Å². The highest BCUT2D eigenvalue weighted by Gasteiger charge is 2.45. The van der Waals surface area contributed by atoms with Gasteiger partial charge in [0.2, 0.25) is 0 Å². The molecule has 5 rings (SSSR count). The Balaban J connectivity index is 1.78. The average molecular weight is 479 g/mol. The number of pyridine rings is 2. The maximum absolute atomic E-state index is 14.4. The van der Waals surface area contributed by atoms with Crippen LogP contribution in [0.4, 0.5) is 4.39 Å². The summed E-state index contributed by atoms with van der Waals surface area (Å²) < 4.78 is 21.0. The lowest BCUT2D eigenvalue weighted by Crippen LogP contribution is -2.44. The maximum Gasteiger partial charge on any atom is 0.343 e. The number of nitrogens with zero attached hydrogens (tertiary/aromatic N) is 3. The minimum atomic E-state index is -1.96. The number of nitrogens with one attached hydrogen (secondary N) is 1. The van der Waals surface area contributed by atoms with Gasteiger partial charge in [-0.15, -0.1) is 0 Å². The second-order valence-corrected chi connectivity index (χ2v) is 8.57. The predicted octanol–water partition coefficient (Wildman–Crippen LogP) is 0.936. The summed E-state index contributed by atoms with van der Waals surface area (Å²) >= 11 is 0. The number of nitrogens with two attached hydrogens (primary N) is 1. The van der Waals surface area contributed by atoms with Crippen LogP contribution in [-0.4, -0.2) is 39.3 Å². The van der Waals surface area contributed by atoms with Crippen molar-refractivity contribution in [3.8, 4) is 11.4 Å². The lowest BCUT2D eigenvalue weighted by Gasteiger charge is -2.31. The molecular weight excluding hydrogens is 457 g/mol. The number of carbonyl (C=O) groups is 2. The number of carbonyl (C=O) groups excluding carboxylic acids is 2.